The minimum absolute atomic E-state index is 0.0657. The highest BCUT2D eigenvalue weighted by Crippen LogP contribution is 2.14. The monoisotopic (exact) mass is 330 g/mol. The maximum absolute atomic E-state index is 12.3. The van der Waals surface area contributed by atoms with Crippen LogP contribution in [0, 0.1) is 0 Å². The van der Waals surface area contributed by atoms with E-state index in [1.54, 1.807) is 4.90 Å². The van der Waals surface area contributed by atoms with Gasteiger partial charge in [-0.05, 0) is 17.7 Å². The zero-order valence-electron chi connectivity index (χ0n) is 15.1. The lowest BCUT2D eigenvalue weighted by molar-refractivity contribution is -0.130. The molecule has 0 saturated heterocycles. The van der Waals surface area contributed by atoms with Crippen molar-refractivity contribution in [3.05, 3.63) is 41.5 Å². The highest BCUT2D eigenvalue weighted by atomic mass is 16.5. The molecule has 0 aliphatic heterocycles. The summed E-state index contributed by atoms with van der Waals surface area (Å²) in [4.78, 5) is 20.3. The highest BCUT2D eigenvalue weighted by molar-refractivity contribution is 5.76. The first-order valence-corrected chi connectivity index (χ1v) is 8.19. The summed E-state index contributed by atoms with van der Waals surface area (Å²) >= 11 is 0. The van der Waals surface area contributed by atoms with Crippen LogP contribution < -0.4 is 4.90 Å². The zero-order chi connectivity index (χ0) is 17.7. The fraction of sp³-hybridized carbons (Fsp3) is 0.500. The van der Waals surface area contributed by atoms with Crippen LogP contribution in [-0.4, -0.2) is 42.1 Å². The van der Waals surface area contributed by atoms with Crippen molar-refractivity contribution in [1.82, 2.24) is 15.0 Å². The van der Waals surface area contributed by atoms with E-state index in [1.807, 2.05) is 47.1 Å². The number of hydrogen-bond acceptors (Lipinski definition) is 5. The molecule has 0 spiro atoms. The molecule has 0 saturated carbocycles. The Morgan fingerprint density at radius 2 is 1.83 bits per heavy atom. The standard InChI is InChI=1S/C18H26N4O2/c1-13(2)18-19-16(24-20-18)10-11-17(23)22(5)12-14-6-8-15(9-7-14)21(3)4/h6-9,13H,10-12H2,1-5H3. The van der Waals surface area contributed by atoms with E-state index in [1.165, 1.54) is 0 Å². The Morgan fingerprint density at radius 3 is 2.38 bits per heavy atom. The van der Waals surface area contributed by atoms with Crippen molar-refractivity contribution in [1.29, 1.82) is 0 Å². The quantitative estimate of drug-likeness (QED) is 0.781. The van der Waals surface area contributed by atoms with Gasteiger partial charge in [-0.2, -0.15) is 4.98 Å². The Bertz CT molecular complexity index is 662. The van der Waals surface area contributed by atoms with Crippen LogP contribution >= 0.6 is 0 Å². The summed E-state index contributed by atoms with van der Waals surface area (Å²) in [6.45, 7) is 4.61. The predicted octanol–water partition coefficient (Wildman–Crippen LogP) is 2.85. The SMILES string of the molecule is CC(C)c1noc(CCC(=O)N(C)Cc2ccc(N(C)C)cc2)n1. The van der Waals surface area contributed by atoms with E-state index < -0.39 is 0 Å². The van der Waals surface area contributed by atoms with Crippen LogP contribution in [0.15, 0.2) is 28.8 Å². The van der Waals surface area contributed by atoms with Crippen LogP contribution in [0.4, 0.5) is 5.69 Å². The number of amides is 1. The molecule has 6 nitrogen and oxygen atoms in total. The van der Waals surface area contributed by atoms with Crippen molar-refractivity contribution in [3.63, 3.8) is 0 Å². The van der Waals surface area contributed by atoms with Crippen LogP contribution in [0.5, 0.6) is 0 Å². The molecule has 24 heavy (non-hydrogen) atoms. The Balaban J connectivity index is 1.85. The topological polar surface area (TPSA) is 62.5 Å². The summed E-state index contributed by atoms with van der Waals surface area (Å²) in [5, 5.41) is 3.91. The van der Waals surface area contributed by atoms with Gasteiger partial charge in [0.15, 0.2) is 5.82 Å². The van der Waals surface area contributed by atoms with Crippen molar-refractivity contribution in [2.24, 2.45) is 0 Å². The molecular weight excluding hydrogens is 304 g/mol. The molecule has 0 radical (unpaired) electrons. The first-order valence-electron chi connectivity index (χ1n) is 8.19. The molecule has 1 heterocycles. The molecule has 0 fully saturated rings. The number of carbonyl (C=O) groups excluding carboxylic acids is 1. The Hall–Kier alpha value is -2.37. The second kappa shape index (κ2) is 7.95. The molecule has 2 rings (SSSR count). The third-order valence-electron chi connectivity index (χ3n) is 3.85. The molecule has 6 heteroatoms. The second-order valence-corrected chi connectivity index (χ2v) is 6.51. The van der Waals surface area contributed by atoms with E-state index in [9.17, 15) is 4.79 Å². The summed E-state index contributed by atoms with van der Waals surface area (Å²) in [7, 11) is 5.83. The minimum Gasteiger partial charge on any atom is -0.378 e. The van der Waals surface area contributed by atoms with E-state index in [4.69, 9.17) is 4.52 Å². The van der Waals surface area contributed by atoms with Crippen LogP contribution in [-0.2, 0) is 17.8 Å². The number of benzene rings is 1. The van der Waals surface area contributed by atoms with Crippen LogP contribution in [0.2, 0.25) is 0 Å². The lowest BCUT2D eigenvalue weighted by Crippen LogP contribution is -2.26. The minimum atomic E-state index is 0.0657. The lowest BCUT2D eigenvalue weighted by atomic mass is 10.2. The maximum Gasteiger partial charge on any atom is 0.227 e. The number of aromatic nitrogens is 2. The smallest absolute Gasteiger partial charge is 0.227 e. The molecule has 0 unspecified atom stereocenters. The van der Waals surface area contributed by atoms with E-state index >= 15 is 0 Å². The molecule has 1 amide bonds. The van der Waals surface area contributed by atoms with Gasteiger partial charge in [0.25, 0.3) is 0 Å². The molecule has 130 valence electrons. The summed E-state index contributed by atoms with van der Waals surface area (Å²) in [6.07, 6.45) is 0.842. The zero-order valence-corrected chi connectivity index (χ0v) is 15.1. The van der Waals surface area contributed by atoms with Gasteiger partial charge in [-0.25, -0.2) is 0 Å². The third kappa shape index (κ3) is 4.81. The summed E-state index contributed by atoms with van der Waals surface area (Å²) < 4.78 is 5.17. The van der Waals surface area contributed by atoms with Crippen molar-refractivity contribution in [2.75, 3.05) is 26.0 Å². The van der Waals surface area contributed by atoms with Gasteiger partial charge in [-0.3, -0.25) is 4.79 Å². The molecule has 0 N–H and O–H groups in total. The van der Waals surface area contributed by atoms with Crippen LogP contribution in [0.3, 0.4) is 0 Å². The third-order valence-corrected chi connectivity index (χ3v) is 3.85. The highest BCUT2D eigenvalue weighted by Gasteiger charge is 2.14. The van der Waals surface area contributed by atoms with Crippen molar-refractivity contribution >= 4 is 11.6 Å². The number of aryl methyl sites for hydroxylation is 1. The van der Waals surface area contributed by atoms with Gasteiger partial charge in [0.05, 0.1) is 0 Å². The first kappa shape index (κ1) is 18.0. The van der Waals surface area contributed by atoms with Crippen molar-refractivity contribution in [2.45, 2.75) is 39.2 Å². The van der Waals surface area contributed by atoms with Crippen LogP contribution in [0.25, 0.3) is 0 Å². The van der Waals surface area contributed by atoms with Crippen molar-refractivity contribution in [3.8, 4) is 0 Å². The van der Waals surface area contributed by atoms with Gasteiger partial charge in [-0.15, -0.1) is 0 Å². The van der Waals surface area contributed by atoms with E-state index in [0.29, 0.717) is 31.1 Å². The number of nitrogens with zero attached hydrogens (tertiary/aromatic N) is 4. The summed E-state index contributed by atoms with van der Waals surface area (Å²) in [5.41, 5.74) is 2.25. The molecule has 1 aromatic heterocycles. The summed E-state index contributed by atoms with van der Waals surface area (Å²) in [5.74, 6) is 1.50. The Labute approximate surface area is 143 Å². The lowest BCUT2D eigenvalue weighted by Gasteiger charge is -2.18. The van der Waals surface area contributed by atoms with Gasteiger partial charge in [0.1, 0.15) is 0 Å². The second-order valence-electron chi connectivity index (χ2n) is 6.51. The summed E-state index contributed by atoms with van der Waals surface area (Å²) in [6, 6.07) is 8.21. The van der Waals surface area contributed by atoms with Gasteiger partial charge in [0.2, 0.25) is 11.8 Å². The van der Waals surface area contributed by atoms with Gasteiger partial charge >= 0.3 is 0 Å². The first-order chi connectivity index (χ1) is 11.4. The average molecular weight is 330 g/mol. The van der Waals surface area contributed by atoms with E-state index in [0.717, 1.165) is 11.3 Å². The molecule has 0 aliphatic rings. The number of carbonyl (C=O) groups is 1. The average Bonchev–Trinajstić information content (AvgIpc) is 3.02. The predicted molar refractivity (Wildman–Crippen MR) is 94.0 cm³/mol. The number of hydrogen-bond donors (Lipinski definition) is 0. The van der Waals surface area contributed by atoms with Gasteiger partial charge < -0.3 is 14.3 Å². The Kier molecular flexibility index (Phi) is 5.95. The van der Waals surface area contributed by atoms with Gasteiger partial charge in [-0.1, -0.05) is 31.1 Å². The molecule has 0 bridgehead atoms. The van der Waals surface area contributed by atoms with E-state index in [2.05, 4.69) is 27.2 Å². The molecule has 0 aliphatic carbocycles. The fourth-order valence-corrected chi connectivity index (χ4v) is 2.27. The number of anilines is 1. The molecule has 1 aromatic carbocycles. The molecule has 2 aromatic rings. The number of rotatable bonds is 7. The fourth-order valence-electron chi connectivity index (χ4n) is 2.27. The van der Waals surface area contributed by atoms with Gasteiger partial charge in [0, 0.05) is 52.1 Å². The maximum atomic E-state index is 12.3. The van der Waals surface area contributed by atoms with Crippen molar-refractivity contribution < 1.29 is 9.32 Å². The molecular formula is C18H26N4O2. The normalized spacial score (nSPS) is 10.9. The van der Waals surface area contributed by atoms with Crippen LogP contribution in [0.1, 0.15) is 43.5 Å². The van der Waals surface area contributed by atoms with E-state index in [-0.39, 0.29) is 11.8 Å². The Morgan fingerprint density at radius 1 is 1.17 bits per heavy atom. The molecule has 0 atom stereocenters. The largest absolute Gasteiger partial charge is 0.378 e.